The molecule has 1 heterocycles. The van der Waals surface area contributed by atoms with Gasteiger partial charge in [0.25, 0.3) is 0 Å². The lowest BCUT2D eigenvalue weighted by Crippen LogP contribution is -1.96. The largest absolute Gasteiger partial charge is 0.487 e. The van der Waals surface area contributed by atoms with E-state index in [0.717, 1.165) is 16.6 Å². The first-order chi connectivity index (χ1) is 8.28. The fourth-order valence-corrected chi connectivity index (χ4v) is 1.70. The summed E-state index contributed by atoms with van der Waals surface area (Å²) in [7, 11) is 0. The molecular weight excluding hydrogens is 285 g/mol. The van der Waals surface area contributed by atoms with Gasteiger partial charge in [-0.1, -0.05) is 28.1 Å². The minimum atomic E-state index is -0.251. The molecule has 0 aliphatic rings. The molecule has 0 spiro atoms. The molecule has 0 saturated carbocycles. The SMILES string of the molecule is Fc1cccc(COc2ccc(CBr)nc2)c1. The Morgan fingerprint density at radius 1 is 1.24 bits per heavy atom. The molecule has 1 aromatic heterocycles. The Hall–Kier alpha value is -1.42. The molecule has 0 radical (unpaired) electrons. The van der Waals surface area contributed by atoms with E-state index in [9.17, 15) is 4.39 Å². The van der Waals surface area contributed by atoms with E-state index in [4.69, 9.17) is 4.74 Å². The fourth-order valence-electron chi connectivity index (χ4n) is 1.37. The van der Waals surface area contributed by atoms with Crippen molar-refractivity contribution in [2.24, 2.45) is 0 Å². The Morgan fingerprint density at radius 3 is 2.76 bits per heavy atom. The predicted octanol–water partition coefficient (Wildman–Crippen LogP) is 3.69. The van der Waals surface area contributed by atoms with Gasteiger partial charge in [0, 0.05) is 5.33 Å². The second kappa shape index (κ2) is 5.77. The predicted molar refractivity (Wildman–Crippen MR) is 67.6 cm³/mol. The van der Waals surface area contributed by atoms with Crippen molar-refractivity contribution in [3.05, 3.63) is 59.7 Å². The van der Waals surface area contributed by atoms with Crippen LogP contribution in [-0.4, -0.2) is 4.98 Å². The van der Waals surface area contributed by atoms with Crippen molar-refractivity contribution in [3.8, 4) is 5.75 Å². The highest BCUT2D eigenvalue weighted by Gasteiger charge is 1.98. The van der Waals surface area contributed by atoms with Crippen LogP contribution in [0.4, 0.5) is 4.39 Å². The van der Waals surface area contributed by atoms with Crippen LogP contribution in [0.5, 0.6) is 5.75 Å². The molecule has 88 valence electrons. The van der Waals surface area contributed by atoms with Crippen molar-refractivity contribution in [1.29, 1.82) is 0 Å². The first-order valence-corrected chi connectivity index (χ1v) is 6.28. The van der Waals surface area contributed by atoms with Gasteiger partial charge in [0.1, 0.15) is 18.2 Å². The van der Waals surface area contributed by atoms with E-state index in [1.165, 1.54) is 12.1 Å². The number of nitrogens with zero attached hydrogens (tertiary/aromatic N) is 1. The number of hydrogen-bond acceptors (Lipinski definition) is 2. The molecule has 0 N–H and O–H groups in total. The van der Waals surface area contributed by atoms with E-state index in [0.29, 0.717) is 12.4 Å². The van der Waals surface area contributed by atoms with E-state index in [2.05, 4.69) is 20.9 Å². The summed E-state index contributed by atoms with van der Waals surface area (Å²) in [5.41, 5.74) is 1.75. The second-order valence-electron chi connectivity index (χ2n) is 3.54. The molecule has 0 aliphatic heterocycles. The maximum absolute atomic E-state index is 12.9. The Bertz CT molecular complexity index is 487. The summed E-state index contributed by atoms with van der Waals surface area (Å²) in [4.78, 5) is 4.18. The molecule has 0 amide bonds. The molecule has 0 atom stereocenters. The summed E-state index contributed by atoms with van der Waals surface area (Å²) in [5, 5.41) is 0.719. The van der Waals surface area contributed by atoms with E-state index >= 15 is 0 Å². The summed E-state index contributed by atoms with van der Waals surface area (Å²) in [6.45, 7) is 0.340. The van der Waals surface area contributed by atoms with Crippen LogP contribution in [-0.2, 0) is 11.9 Å². The maximum Gasteiger partial charge on any atom is 0.138 e. The molecular formula is C13H11BrFNO. The lowest BCUT2D eigenvalue weighted by molar-refractivity contribution is 0.304. The monoisotopic (exact) mass is 295 g/mol. The smallest absolute Gasteiger partial charge is 0.138 e. The lowest BCUT2D eigenvalue weighted by Gasteiger charge is -2.06. The van der Waals surface area contributed by atoms with Crippen molar-refractivity contribution in [2.45, 2.75) is 11.9 Å². The van der Waals surface area contributed by atoms with Gasteiger partial charge in [-0.2, -0.15) is 0 Å². The van der Waals surface area contributed by atoms with Crippen LogP contribution < -0.4 is 4.74 Å². The topological polar surface area (TPSA) is 22.1 Å². The number of rotatable bonds is 4. The first kappa shape index (κ1) is 12.0. The Balaban J connectivity index is 1.97. The van der Waals surface area contributed by atoms with Gasteiger partial charge in [0.2, 0.25) is 0 Å². The van der Waals surface area contributed by atoms with Gasteiger partial charge in [-0.25, -0.2) is 4.39 Å². The highest BCUT2D eigenvalue weighted by Crippen LogP contribution is 2.13. The summed E-state index contributed by atoms with van der Waals surface area (Å²) in [6.07, 6.45) is 1.66. The number of benzene rings is 1. The van der Waals surface area contributed by atoms with Crippen molar-refractivity contribution < 1.29 is 9.13 Å². The Labute approximate surface area is 108 Å². The standard InChI is InChI=1S/C13H11BrFNO/c14-7-12-4-5-13(8-16-12)17-9-10-2-1-3-11(15)6-10/h1-6,8H,7,9H2. The van der Waals surface area contributed by atoms with Crippen molar-refractivity contribution in [3.63, 3.8) is 0 Å². The van der Waals surface area contributed by atoms with Gasteiger partial charge >= 0.3 is 0 Å². The van der Waals surface area contributed by atoms with E-state index in [-0.39, 0.29) is 5.82 Å². The van der Waals surface area contributed by atoms with Crippen LogP contribution in [0.3, 0.4) is 0 Å². The van der Waals surface area contributed by atoms with E-state index in [1.54, 1.807) is 12.3 Å². The number of alkyl halides is 1. The summed E-state index contributed by atoms with van der Waals surface area (Å²) in [5.74, 6) is 0.429. The molecule has 0 saturated heterocycles. The molecule has 2 aromatic rings. The van der Waals surface area contributed by atoms with Gasteiger partial charge in [-0.15, -0.1) is 0 Å². The van der Waals surface area contributed by atoms with Crippen LogP contribution in [0, 0.1) is 5.82 Å². The van der Waals surface area contributed by atoms with Gasteiger partial charge in [0.05, 0.1) is 11.9 Å². The molecule has 4 heteroatoms. The summed E-state index contributed by atoms with van der Waals surface area (Å²) < 4.78 is 18.4. The molecule has 0 bridgehead atoms. The molecule has 17 heavy (non-hydrogen) atoms. The third-order valence-corrected chi connectivity index (χ3v) is 2.80. The van der Waals surface area contributed by atoms with Crippen molar-refractivity contribution in [1.82, 2.24) is 4.98 Å². The zero-order valence-corrected chi connectivity index (χ0v) is 10.7. The molecule has 1 aromatic carbocycles. The molecule has 0 unspecified atom stereocenters. The number of aromatic nitrogens is 1. The van der Waals surface area contributed by atoms with E-state index < -0.39 is 0 Å². The Morgan fingerprint density at radius 2 is 2.12 bits per heavy atom. The number of halogens is 2. The number of hydrogen-bond donors (Lipinski definition) is 0. The highest BCUT2D eigenvalue weighted by molar-refractivity contribution is 9.08. The Kier molecular flexibility index (Phi) is 4.09. The van der Waals surface area contributed by atoms with Gasteiger partial charge in [0.15, 0.2) is 0 Å². The van der Waals surface area contributed by atoms with Crippen LogP contribution in [0.15, 0.2) is 42.6 Å². The highest BCUT2D eigenvalue weighted by atomic mass is 79.9. The molecule has 2 rings (SSSR count). The van der Waals surface area contributed by atoms with Crippen LogP contribution in [0.25, 0.3) is 0 Å². The normalized spacial score (nSPS) is 10.2. The minimum Gasteiger partial charge on any atom is -0.487 e. The number of ether oxygens (including phenoxy) is 1. The number of pyridine rings is 1. The average molecular weight is 296 g/mol. The zero-order valence-electron chi connectivity index (χ0n) is 9.07. The summed E-state index contributed by atoms with van der Waals surface area (Å²) >= 11 is 3.32. The lowest BCUT2D eigenvalue weighted by atomic mass is 10.2. The average Bonchev–Trinajstić information content (AvgIpc) is 2.37. The zero-order chi connectivity index (χ0) is 12.1. The van der Waals surface area contributed by atoms with Gasteiger partial charge in [-0.3, -0.25) is 4.98 Å². The third kappa shape index (κ3) is 3.53. The van der Waals surface area contributed by atoms with Gasteiger partial charge in [-0.05, 0) is 29.8 Å². The minimum absolute atomic E-state index is 0.251. The second-order valence-corrected chi connectivity index (χ2v) is 4.10. The molecule has 2 nitrogen and oxygen atoms in total. The van der Waals surface area contributed by atoms with E-state index in [1.807, 2.05) is 18.2 Å². The van der Waals surface area contributed by atoms with Crippen LogP contribution in [0.1, 0.15) is 11.3 Å². The maximum atomic E-state index is 12.9. The summed E-state index contributed by atoms with van der Waals surface area (Å²) in [6, 6.07) is 10.1. The molecule has 0 fully saturated rings. The fraction of sp³-hybridized carbons (Fsp3) is 0.154. The van der Waals surface area contributed by atoms with Crippen molar-refractivity contribution in [2.75, 3.05) is 0 Å². The first-order valence-electron chi connectivity index (χ1n) is 5.16. The van der Waals surface area contributed by atoms with Crippen LogP contribution in [0.2, 0.25) is 0 Å². The third-order valence-electron chi connectivity index (χ3n) is 2.23. The quantitative estimate of drug-likeness (QED) is 0.803. The van der Waals surface area contributed by atoms with Gasteiger partial charge < -0.3 is 4.74 Å². The van der Waals surface area contributed by atoms with Crippen LogP contribution >= 0.6 is 15.9 Å². The van der Waals surface area contributed by atoms with Crippen molar-refractivity contribution >= 4 is 15.9 Å². The molecule has 0 aliphatic carbocycles.